The Morgan fingerprint density at radius 3 is 2.67 bits per heavy atom. The third-order valence-electron chi connectivity index (χ3n) is 2.65. The second-order valence-corrected chi connectivity index (χ2v) is 4.56. The summed E-state index contributed by atoms with van der Waals surface area (Å²) in [4.78, 5) is 8.64. The van der Waals surface area contributed by atoms with Crippen LogP contribution >= 0.6 is 11.3 Å². The van der Waals surface area contributed by atoms with Gasteiger partial charge in [-0.1, -0.05) is 26.0 Å². The summed E-state index contributed by atoms with van der Waals surface area (Å²) >= 11 is 1.67. The number of pyridine rings is 1. The average molecular weight is 256 g/mol. The number of thiazole rings is 1. The molecule has 0 saturated carbocycles. The highest BCUT2D eigenvalue weighted by molar-refractivity contribution is 7.16. The van der Waals surface area contributed by atoms with Gasteiger partial charge in [0.1, 0.15) is 0 Å². The highest BCUT2D eigenvalue weighted by atomic mass is 32.1. The van der Waals surface area contributed by atoms with Crippen molar-refractivity contribution in [3.05, 3.63) is 47.7 Å². The van der Waals surface area contributed by atoms with E-state index in [1.54, 1.807) is 11.3 Å². The molecule has 3 aromatic rings. The monoisotopic (exact) mass is 256 g/mol. The van der Waals surface area contributed by atoms with Crippen LogP contribution in [0.3, 0.4) is 0 Å². The SMILES string of the molecule is CC.Cc1ncccc1-c1ccc2scnc2c1. The summed E-state index contributed by atoms with van der Waals surface area (Å²) < 4.78 is 1.23. The lowest BCUT2D eigenvalue weighted by molar-refractivity contribution is 1.20. The van der Waals surface area contributed by atoms with Crippen LogP contribution in [0.4, 0.5) is 0 Å². The number of hydrogen-bond donors (Lipinski definition) is 0. The van der Waals surface area contributed by atoms with Crippen LogP contribution in [0.5, 0.6) is 0 Å². The number of aromatic nitrogens is 2. The van der Waals surface area contributed by atoms with Crippen LogP contribution in [-0.2, 0) is 0 Å². The zero-order valence-corrected chi connectivity index (χ0v) is 11.7. The van der Waals surface area contributed by atoms with E-state index in [-0.39, 0.29) is 0 Å². The molecule has 3 rings (SSSR count). The smallest absolute Gasteiger partial charge is 0.0818 e. The summed E-state index contributed by atoms with van der Waals surface area (Å²) in [5.41, 5.74) is 6.36. The number of hydrogen-bond acceptors (Lipinski definition) is 3. The molecule has 0 unspecified atom stereocenters. The number of fused-ring (bicyclic) bond motifs is 1. The van der Waals surface area contributed by atoms with Crippen LogP contribution in [0, 0.1) is 6.92 Å². The molecule has 2 aromatic heterocycles. The normalized spacial score (nSPS) is 9.94. The van der Waals surface area contributed by atoms with Crippen molar-refractivity contribution in [1.82, 2.24) is 9.97 Å². The van der Waals surface area contributed by atoms with E-state index in [2.05, 4.69) is 34.2 Å². The molecule has 0 atom stereocenters. The number of aryl methyl sites for hydroxylation is 1. The van der Waals surface area contributed by atoms with E-state index in [9.17, 15) is 0 Å². The summed E-state index contributed by atoms with van der Waals surface area (Å²) in [5.74, 6) is 0. The Morgan fingerprint density at radius 2 is 1.89 bits per heavy atom. The van der Waals surface area contributed by atoms with E-state index in [4.69, 9.17) is 0 Å². The summed E-state index contributed by atoms with van der Waals surface area (Å²) in [6, 6.07) is 10.4. The topological polar surface area (TPSA) is 25.8 Å². The molecule has 0 bridgehead atoms. The highest BCUT2D eigenvalue weighted by Crippen LogP contribution is 2.26. The molecule has 2 nitrogen and oxygen atoms in total. The molecule has 0 aliphatic carbocycles. The first kappa shape index (κ1) is 12.7. The third-order valence-corrected chi connectivity index (χ3v) is 3.46. The lowest BCUT2D eigenvalue weighted by Crippen LogP contribution is -1.86. The minimum atomic E-state index is 1.05. The molecule has 0 spiro atoms. The molecule has 0 saturated heterocycles. The first-order chi connectivity index (χ1) is 8.84. The van der Waals surface area contributed by atoms with Crippen LogP contribution in [0.2, 0.25) is 0 Å². The van der Waals surface area contributed by atoms with Crippen molar-refractivity contribution in [1.29, 1.82) is 0 Å². The zero-order chi connectivity index (χ0) is 13.0. The van der Waals surface area contributed by atoms with E-state index in [1.807, 2.05) is 38.5 Å². The Kier molecular flexibility index (Phi) is 4.05. The van der Waals surface area contributed by atoms with E-state index in [0.29, 0.717) is 0 Å². The third kappa shape index (κ3) is 2.41. The first-order valence-electron chi connectivity index (χ1n) is 6.10. The van der Waals surface area contributed by atoms with Crippen molar-refractivity contribution in [2.24, 2.45) is 0 Å². The van der Waals surface area contributed by atoms with Gasteiger partial charge >= 0.3 is 0 Å². The standard InChI is InChI=1S/C13H10N2S.C2H6/c1-9-11(3-2-6-14-9)10-4-5-13-12(7-10)15-8-16-13;1-2/h2-8H,1H3;1-2H3. The van der Waals surface area contributed by atoms with E-state index in [1.165, 1.54) is 15.8 Å². The van der Waals surface area contributed by atoms with Crippen LogP contribution in [0.15, 0.2) is 42.0 Å². The van der Waals surface area contributed by atoms with Gasteiger partial charge in [-0.3, -0.25) is 4.98 Å². The van der Waals surface area contributed by atoms with Gasteiger partial charge in [-0.25, -0.2) is 4.98 Å². The summed E-state index contributed by atoms with van der Waals surface area (Å²) in [6.45, 7) is 6.03. The van der Waals surface area contributed by atoms with Crippen LogP contribution in [0.25, 0.3) is 21.3 Å². The van der Waals surface area contributed by atoms with Crippen molar-refractivity contribution >= 4 is 21.6 Å². The maximum absolute atomic E-state index is 4.33. The van der Waals surface area contributed by atoms with Crippen LogP contribution in [-0.4, -0.2) is 9.97 Å². The van der Waals surface area contributed by atoms with Crippen molar-refractivity contribution in [3.63, 3.8) is 0 Å². The Hall–Kier alpha value is -1.74. The Bertz CT molecular complexity index is 644. The summed E-state index contributed by atoms with van der Waals surface area (Å²) in [6.07, 6.45) is 1.82. The highest BCUT2D eigenvalue weighted by Gasteiger charge is 2.04. The fraction of sp³-hybridized carbons (Fsp3) is 0.200. The minimum Gasteiger partial charge on any atom is -0.261 e. The average Bonchev–Trinajstić information content (AvgIpc) is 2.89. The summed E-state index contributed by atoms with van der Waals surface area (Å²) in [7, 11) is 0. The molecule has 0 aliphatic rings. The molecule has 1 aromatic carbocycles. The molecular weight excluding hydrogens is 240 g/mol. The van der Waals surface area contributed by atoms with Gasteiger partial charge in [0.15, 0.2) is 0 Å². The number of rotatable bonds is 1. The molecule has 0 aliphatic heterocycles. The predicted octanol–water partition coefficient (Wildman–Crippen LogP) is 4.69. The molecule has 0 radical (unpaired) electrons. The molecule has 2 heterocycles. The van der Waals surface area contributed by atoms with Crippen molar-refractivity contribution in [2.45, 2.75) is 20.8 Å². The second kappa shape index (κ2) is 5.74. The van der Waals surface area contributed by atoms with Gasteiger partial charge in [-0.15, -0.1) is 11.3 Å². The van der Waals surface area contributed by atoms with E-state index in [0.717, 1.165) is 11.2 Å². The van der Waals surface area contributed by atoms with Crippen molar-refractivity contribution in [2.75, 3.05) is 0 Å². The Morgan fingerprint density at radius 1 is 1.06 bits per heavy atom. The fourth-order valence-electron chi connectivity index (χ4n) is 1.81. The van der Waals surface area contributed by atoms with Gasteiger partial charge in [0.05, 0.1) is 15.7 Å². The molecular formula is C15H16N2S. The van der Waals surface area contributed by atoms with E-state index >= 15 is 0 Å². The van der Waals surface area contributed by atoms with Gasteiger partial charge in [-0.05, 0) is 30.7 Å². The Labute approximate surface area is 111 Å². The van der Waals surface area contributed by atoms with Gasteiger partial charge in [0.2, 0.25) is 0 Å². The Balaban J connectivity index is 0.000000574. The first-order valence-corrected chi connectivity index (χ1v) is 6.98. The number of benzene rings is 1. The van der Waals surface area contributed by atoms with Gasteiger partial charge in [0.25, 0.3) is 0 Å². The molecule has 92 valence electrons. The van der Waals surface area contributed by atoms with Gasteiger partial charge < -0.3 is 0 Å². The molecule has 0 N–H and O–H groups in total. The minimum absolute atomic E-state index is 1.05. The fourth-order valence-corrected chi connectivity index (χ4v) is 2.47. The largest absolute Gasteiger partial charge is 0.261 e. The predicted molar refractivity (Wildman–Crippen MR) is 78.9 cm³/mol. The van der Waals surface area contributed by atoms with Crippen LogP contribution < -0.4 is 0 Å². The quantitative estimate of drug-likeness (QED) is 0.631. The summed E-state index contributed by atoms with van der Waals surface area (Å²) in [5, 5.41) is 0. The van der Waals surface area contributed by atoms with Gasteiger partial charge in [-0.2, -0.15) is 0 Å². The second-order valence-electron chi connectivity index (χ2n) is 3.67. The maximum atomic E-state index is 4.33. The van der Waals surface area contributed by atoms with Gasteiger partial charge in [0, 0.05) is 17.5 Å². The molecule has 18 heavy (non-hydrogen) atoms. The zero-order valence-electron chi connectivity index (χ0n) is 10.8. The maximum Gasteiger partial charge on any atom is 0.0818 e. The molecule has 0 fully saturated rings. The van der Waals surface area contributed by atoms with Crippen molar-refractivity contribution < 1.29 is 0 Å². The van der Waals surface area contributed by atoms with Crippen molar-refractivity contribution in [3.8, 4) is 11.1 Å². The molecule has 3 heteroatoms. The lowest BCUT2D eigenvalue weighted by Gasteiger charge is -2.04. The number of nitrogens with zero attached hydrogens (tertiary/aromatic N) is 2. The lowest BCUT2D eigenvalue weighted by atomic mass is 10.0. The van der Waals surface area contributed by atoms with E-state index < -0.39 is 0 Å². The van der Waals surface area contributed by atoms with Crippen LogP contribution in [0.1, 0.15) is 19.5 Å². The molecule has 0 amide bonds.